The normalized spacial score (nSPS) is 12.8. The number of hydrogen-bond acceptors (Lipinski definition) is 6. The maximum absolute atomic E-state index is 12.9. The SMILES string of the molecule is CC/C=C\C/C=C\C/C=C\C/C=C\C/C=C\CCCCCCCCCCCCCCCCCCCC(=O)OCC(COC(=O)CCCCCCC/C=C\C/C=C\CCCCC)OC(=O)CCCCCCC/C=C\C/C=C\CCCCC. The van der Waals surface area contributed by atoms with E-state index in [0.717, 1.165) is 135 Å². The van der Waals surface area contributed by atoms with Crippen molar-refractivity contribution in [3.05, 3.63) is 109 Å². The van der Waals surface area contributed by atoms with E-state index in [0.29, 0.717) is 19.3 Å². The second kappa shape index (κ2) is 68.6. The van der Waals surface area contributed by atoms with Gasteiger partial charge in [0.1, 0.15) is 13.2 Å². The first-order valence-electron chi connectivity index (χ1n) is 34.4. The van der Waals surface area contributed by atoms with Crippen LogP contribution in [0.3, 0.4) is 0 Å². The molecule has 0 heterocycles. The number of carbonyl (C=O) groups excluding carboxylic acids is 3. The molecule has 0 aliphatic heterocycles. The van der Waals surface area contributed by atoms with Crippen LogP contribution in [0.2, 0.25) is 0 Å². The molecule has 0 aliphatic carbocycles. The number of allylic oxidation sites excluding steroid dienone is 18. The predicted molar refractivity (Wildman–Crippen MR) is 353 cm³/mol. The van der Waals surface area contributed by atoms with Crippen LogP contribution in [-0.2, 0) is 28.6 Å². The highest BCUT2D eigenvalue weighted by Gasteiger charge is 2.19. The van der Waals surface area contributed by atoms with Gasteiger partial charge in [0.2, 0.25) is 0 Å². The van der Waals surface area contributed by atoms with Crippen LogP contribution in [0.5, 0.6) is 0 Å². The summed E-state index contributed by atoms with van der Waals surface area (Å²) in [6, 6.07) is 0. The van der Waals surface area contributed by atoms with E-state index in [1.807, 2.05) is 0 Å². The van der Waals surface area contributed by atoms with E-state index in [2.05, 4.69) is 130 Å². The number of esters is 3. The molecule has 6 nitrogen and oxygen atoms in total. The van der Waals surface area contributed by atoms with Gasteiger partial charge in [-0.2, -0.15) is 0 Å². The van der Waals surface area contributed by atoms with Crippen LogP contribution in [0.15, 0.2) is 109 Å². The number of ether oxygens (including phenoxy) is 3. The van der Waals surface area contributed by atoms with Crippen molar-refractivity contribution < 1.29 is 28.6 Å². The Hall–Kier alpha value is -3.93. The van der Waals surface area contributed by atoms with Crippen LogP contribution in [0.1, 0.15) is 329 Å². The largest absolute Gasteiger partial charge is 0.462 e. The molecule has 0 aromatic carbocycles. The molecule has 0 N–H and O–H groups in total. The Balaban J connectivity index is 4.20. The summed E-state index contributed by atoms with van der Waals surface area (Å²) in [4.78, 5) is 38.3. The third kappa shape index (κ3) is 66.8. The highest BCUT2D eigenvalue weighted by Crippen LogP contribution is 2.17. The van der Waals surface area contributed by atoms with Crippen molar-refractivity contribution in [1.82, 2.24) is 0 Å². The quantitative estimate of drug-likeness (QED) is 0.0261. The fourth-order valence-corrected chi connectivity index (χ4v) is 9.59. The molecule has 0 aromatic rings. The molecule has 0 aromatic heterocycles. The summed E-state index contributed by atoms with van der Waals surface area (Å²) >= 11 is 0. The third-order valence-electron chi connectivity index (χ3n) is 14.7. The maximum atomic E-state index is 12.9. The highest BCUT2D eigenvalue weighted by molar-refractivity contribution is 5.71. The topological polar surface area (TPSA) is 78.9 Å². The zero-order chi connectivity index (χ0) is 58.5. The molecule has 0 spiro atoms. The van der Waals surface area contributed by atoms with Gasteiger partial charge in [0, 0.05) is 19.3 Å². The third-order valence-corrected chi connectivity index (χ3v) is 14.7. The summed E-state index contributed by atoms with van der Waals surface area (Å²) in [5, 5.41) is 0. The lowest BCUT2D eigenvalue weighted by molar-refractivity contribution is -0.167. The van der Waals surface area contributed by atoms with Gasteiger partial charge >= 0.3 is 17.9 Å². The first-order chi connectivity index (χ1) is 40.0. The van der Waals surface area contributed by atoms with Gasteiger partial charge in [0.15, 0.2) is 6.10 Å². The molecule has 464 valence electrons. The second-order valence-corrected chi connectivity index (χ2v) is 22.7. The van der Waals surface area contributed by atoms with Crippen molar-refractivity contribution in [2.45, 2.75) is 335 Å². The van der Waals surface area contributed by atoms with E-state index in [1.165, 1.54) is 154 Å². The van der Waals surface area contributed by atoms with E-state index < -0.39 is 6.10 Å². The predicted octanol–water partition coefficient (Wildman–Crippen LogP) is 23.8. The van der Waals surface area contributed by atoms with E-state index >= 15 is 0 Å². The van der Waals surface area contributed by atoms with Crippen LogP contribution < -0.4 is 0 Å². The molecular weight excluding hydrogens is 997 g/mol. The lowest BCUT2D eigenvalue weighted by Crippen LogP contribution is -2.30. The maximum Gasteiger partial charge on any atom is 0.306 e. The van der Waals surface area contributed by atoms with Crippen LogP contribution in [-0.4, -0.2) is 37.2 Å². The van der Waals surface area contributed by atoms with Crippen molar-refractivity contribution in [2.75, 3.05) is 13.2 Å². The van der Waals surface area contributed by atoms with Crippen molar-refractivity contribution in [2.24, 2.45) is 0 Å². The fourth-order valence-electron chi connectivity index (χ4n) is 9.59. The summed E-state index contributed by atoms with van der Waals surface area (Å²) in [6.07, 6.45) is 94.0. The first kappa shape index (κ1) is 77.1. The Morgan fingerprint density at radius 3 is 0.753 bits per heavy atom. The highest BCUT2D eigenvalue weighted by atomic mass is 16.6. The van der Waals surface area contributed by atoms with Crippen molar-refractivity contribution in [3.8, 4) is 0 Å². The van der Waals surface area contributed by atoms with Crippen LogP contribution in [0.4, 0.5) is 0 Å². The Labute approximate surface area is 501 Å². The van der Waals surface area contributed by atoms with E-state index in [4.69, 9.17) is 14.2 Å². The van der Waals surface area contributed by atoms with Gasteiger partial charge in [-0.15, -0.1) is 0 Å². The van der Waals surface area contributed by atoms with Crippen LogP contribution in [0.25, 0.3) is 0 Å². The van der Waals surface area contributed by atoms with Crippen molar-refractivity contribution in [1.29, 1.82) is 0 Å². The Bertz CT molecular complexity index is 1620. The smallest absolute Gasteiger partial charge is 0.306 e. The molecule has 0 saturated heterocycles. The Kier molecular flexibility index (Phi) is 65.2. The molecule has 1 unspecified atom stereocenters. The molecule has 1 atom stereocenters. The van der Waals surface area contributed by atoms with E-state index in [9.17, 15) is 14.4 Å². The van der Waals surface area contributed by atoms with Gasteiger partial charge < -0.3 is 14.2 Å². The van der Waals surface area contributed by atoms with Gasteiger partial charge in [0.05, 0.1) is 0 Å². The minimum Gasteiger partial charge on any atom is -0.462 e. The average molecular weight is 1130 g/mol. The summed E-state index contributed by atoms with van der Waals surface area (Å²) < 4.78 is 16.9. The number of hydrogen-bond donors (Lipinski definition) is 0. The molecule has 0 saturated carbocycles. The van der Waals surface area contributed by atoms with Gasteiger partial charge in [-0.25, -0.2) is 0 Å². The lowest BCUT2D eigenvalue weighted by atomic mass is 10.0. The zero-order valence-corrected chi connectivity index (χ0v) is 53.3. The molecule has 0 fully saturated rings. The van der Waals surface area contributed by atoms with Crippen molar-refractivity contribution in [3.63, 3.8) is 0 Å². The average Bonchev–Trinajstić information content (AvgIpc) is 3.47. The monoisotopic (exact) mass is 1120 g/mol. The minimum absolute atomic E-state index is 0.0861. The summed E-state index contributed by atoms with van der Waals surface area (Å²) in [7, 11) is 0. The Morgan fingerprint density at radius 1 is 0.259 bits per heavy atom. The molecule has 6 heteroatoms. The van der Waals surface area contributed by atoms with Crippen LogP contribution in [0, 0.1) is 0 Å². The van der Waals surface area contributed by atoms with E-state index in [-0.39, 0.29) is 31.1 Å². The van der Waals surface area contributed by atoms with Crippen LogP contribution >= 0.6 is 0 Å². The number of unbranched alkanes of at least 4 members (excludes halogenated alkanes) is 33. The fraction of sp³-hybridized carbons (Fsp3) is 0.720. The first-order valence-corrected chi connectivity index (χ1v) is 34.4. The standard InChI is InChI=1S/C75H128O6/c1-4-7-10-13-16-19-22-25-28-29-30-31-32-33-34-35-36-37-38-39-40-41-42-43-44-45-48-50-53-56-59-62-65-68-74(77)80-71-72(81-75(78)69-66-63-60-57-54-51-47-27-24-21-18-15-12-9-6-3)70-79-73(76)67-64-61-58-55-52-49-46-26-23-20-17-14-11-8-5-2/h7,10,16-21,25-28,30-31,33-34,46-47,72H,4-6,8-9,11-15,22-24,29,32,35-45,48-71H2,1-3H3/b10-7-,19-16-,20-17-,21-18-,28-25-,31-30-,34-33-,46-26-,47-27-. The number of rotatable bonds is 62. The lowest BCUT2D eigenvalue weighted by Gasteiger charge is -2.18. The van der Waals surface area contributed by atoms with Gasteiger partial charge in [-0.3, -0.25) is 14.4 Å². The van der Waals surface area contributed by atoms with Crippen molar-refractivity contribution >= 4 is 17.9 Å². The Morgan fingerprint density at radius 2 is 0.481 bits per heavy atom. The molecule has 0 aliphatic rings. The molecular formula is C75H128O6. The minimum atomic E-state index is -0.792. The molecule has 0 radical (unpaired) electrons. The second-order valence-electron chi connectivity index (χ2n) is 22.7. The van der Waals surface area contributed by atoms with E-state index in [1.54, 1.807) is 0 Å². The molecule has 81 heavy (non-hydrogen) atoms. The summed E-state index contributed by atoms with van der Waals surface area (Å²) in [5.41, 5.74) is 0. The molecule has 0 rings (SSSR count). The summed E-state index contributed by atoms with van der Waals surface area (Å²) in [5.74, 6) is -0.903. The van der Waals surface area contributed by atoms with Gasteiger partial charge in [-0.1, -0.05) is 291 Å². The molecule has 0 bridgehead atoms. The summed E-state index contributed by atoms with van der Waals surface area (Å²) in [6.45, 7) is 6.48. The van der Waals surface area contributed by atoms with Gasteiger partial charge in [0.25, 0.3) is 0 Å². The number of carbonyl (C=O) groups is 3. The molecule has 0 amide bonds. The van der Waals surface area contributed by atoms with Gasteiger partial charge in [-0.05, 0) is 128 Å². The zero-order valence-electron chi connectivity index (χ0n) is 53.3.